The Morgan fingerprint density at radius 2 is 1.80 bits per heavy atom. The van der Waals surface area contributed by atoms with E-state index < -0.39 is 0 Å². The van der Waals surface area contributed by atoms with Gasteiger partial charge in [-0.05, 0) is 57.0 Å². The van der Waals surface area contributed by atoms with Crippen molar-refractivity contribution < 1.29 is 14.3 Å². The molecule has 0 bridgehead atoms. The van der Waals surface area contributed by atoms with Gasteiger partial charge in [0.15, 0.2) is 0 Å². The first-order valence-electron chi connectivity index (χ1n) is 12.6. The molecule has 0 unspecified atom stereocenters. The number of ether oxygens (including phenoxy) is 1. The molecule has 188 valence electrons. The van der Waals surface area contributed by atoms with Crippen molar-refractivity contribution in [2.75, 3.05) is 32.7 Å². The van der Waals surface area contributed by atoms with Crippen molar-refractivity contribution in [2.24, 2.45) is 0 Å². The number of carbonyl (C=O) groups is 2. The molecular formula is C29H39N3O3. The maximum absolute atomic E-state index is 13.6. The third kappa shape index (κ3) is 6.19. The van der Waals surface area contributed by atoms with Crippen LogP contribution in [-0.4, -0.2) is 71.4 Å². The summed E-state index contributed by atoms with van der Waals surface area (Å²) in [4.78, 5) is 32.0. The van der Waals surface area contributed by atoms with Crippen LogP contribution in [0.25, 0.3) is 0 Å². The SMILES string of the molecule is C=CCN1C[C@H](C)N([C@H](c2cccc(OC(C)=O)c2)c2ccccc2C(=O)N(CC)CC)C[C@H]1C. The molecule has 1 heterocycles. The van der Waals surface area contributed by atoms with E-state index in [1.54, 1.807) is 6.07 Å². The minimum absolute atomic E-state index is 0.0396. The van der Waals surface area contributed by atoms with Gasteiger partial charge in [-0.25, -0.2) is 0 Å². The number of amides is 1. The second-order valence-electron chi connectivity index (χ2n) is 9.27. The van der Waals surface area contributed by atoms with Gasteiger partial charge in [0.25, 0.3) is 5.91 Å². The van der Waals surface area contributed by atoms with E-state index in [1.165, 1.54) is 6.92 Å². The van der Waals surface area contributed by atoms with E-state index in [0.717, 1.165) is 30.8 Å². The highest BCUT2D eigenvalue weighted by atomic mass is 16.5. The van der Waals surface area contributed by atoms with Crippen LogP contribution in [0.1, 0.15) is 62.1 Å². The number of hydrogen-bond acceptors (Lipinski definition) is 5. The summed E-state index contributed by atoms with van der Waals surface area (Å²) in [6, 6.07) is 16.0. The number of piperazine rings is 1. The Bertz CT molecular complexity index is 1030. The van der Waals surface area contributed by atoms with Crippen LogP contribution in [0.4, 0.5) is 0 Å². The van der Waals surface area contributed by atoms with Crippen molar-refractivity contribution >= 4 is 11.9 Å². The number of carbonyl (C=O) groups excluding carboxylic acids is 2. The highest BCUT2D eigenvalue weighted by Crippen LogP contribution is 2.36. The Hall–Kier alpha value is -2.96. The summed E-state index contributed by atoms with van der Waals surface area (Å²) in [6.07, 6.45) is 1.96. The van der Waals surface area contributed by atoms with E-state index in [2.05, 4.69) is 42.4 Å². The molecule has 3 atom stereocenters. The van der Waals surface area contributed by atoms with Crippen molar-refractivity contribution in [3.63, 3.8) is 0 Å². The normalized spacial score (nSPS) is 19.7. The second-order valence-corrected chi connectivity index (χ2v) is 9.27. The maximum Gasteiger partial charge on any atom is 0.308 e. The maximum atomic E-state index is 13.6. The Morgan fingerprint density at radius 3 is 2.46 bits per heavy atom. The van der Waals surface area contributed by atoms with Gasteiger partial charge in [0.05, 0.1) is 6.04 Å². The van der Waals surface area contributed by atoms with Gasteiger partial charge in [0.1, 0.15) is 5.75 Å². The van der Waals surface area contributed by atoms with Crippen molar-refractivity contribution in [3.8, 4) is 5.75 Å². The summed E-state index contributed by atoms with van der Waals surface area (Å²) < 4.78 is 5.42. The summed E-state index contributed by atoms with van der Waals surface area (Å²) in [7, 11) is 0. The molecule has 6 heteroatoms. The third-order valence-electron chi connectivity index (χ3n) is 6.83. The molecule has 3 rings (SSSR count). The zero-order chi connectivity index (χ0) is 25.5. The molecule has 35 heavy (non-hydrogen) atoms. The standard InChI is InChI=1S/C29H39N3O3/c1-7-17-31-19-22(5)32(20-21(31)4)28(24-13-12-14-25(18-24)35-23(6)33)26-15-10-11-16-27(26)29(34)30(8-2)9-3/h7,10-16,18,21-22,28H,1,8-9,17,19-20H2,2-6H3/t21-,22+,28-/m1/s1. The molecule has 0 radical (unpaired) electrons. The molecule has 0 N–H and O–H groups in total. The lowest BCUT2D eigenvalue weighted by atomic mass is 9.90. The fourth-order valence-electron chi connectivity index (χ4n) is 5.08. The summed E-state index contributed by atoms with van der Waals surface area (Å²) >= 11 is 0. The van der Waals surface area contributed by atoms with Crippen molar-refractivity contribution in [2.45, 2.75) is 52.7 Å². The summed E-state index contributed by atoms with van der Waals surface area (Å²) in [6.45, 7) is 17.7. The lowest BCUT2D eigenvalue weighted by Crippen LogP contribution is -2.57. The first-order chi connectivity index (χ1) is 16.8. The number of hydrogen-bond donors (Lipinski definition) is 0. The largest absolute Gasteiger partial charge is 0.427 e. The van der Waals surface area contributed by atoms with E-state index in [9.17, 15) is 9.59 Å². The van der Waals surface area contributed by atoms with E-state index in [4.69, 9.17) is 4.74 Å². The van der Waals surface area contributed by atoms with Gasteiger partial charge in [0.2, 0.25) is 0 Å². The molecule has 1 saturated heterocycles. The molecule has 1 aliphatic rings. The third-order valence-corrected chi connectivity index (χ3v) is 6.83. The number of benzene rings is 2. The minimum Gasteiger partial charge on any atom is -0.427 e. The summed E-state index contributed by atoms with van der Waals surface area (Å²) in [5.74, 6) is 0.201. The van der Waals surface area contributed by atoms with E-state index in [0.29, 0.717) is 30.4 Å². The van der Waals surface area contributed by atoms with Crippen LogP contribution in [0, 0.1) is 0 Å². The first kappa shape index (κ1) is 26.6. The zero-order valence-electron chi connectivity index (χ0n) is 21.7. The molecule has 1 fully saturated rings. The highest BCUT2D eigenvalue weighted by molar-refractivity contribution is 5.96. The van der Waals surface area contributed by atoms with Crippen LogP contribution >= 0.6 is 0 Å². The molecule has 2 aromatic rings. The number of nitrogens with zero attached hydrogens (tertiary/aromatic N) is 3. The lowest BCUT2D eigenvalue weighted by Gasteiger charge is -2.47. The molecule has 6 nitrogen and oxygen atoms in total. The van der Waals surface area contributed by atoms with Gasteiger partial charge in [-0.3, -0.25) is 19.4 Å². The predicted octanol–water partition coefficient (Wildman–Crippen LogP) is 4.76. The van der Waals surface area contributed by atoms with E-state index >= 15 is 0 Å². The van der Waals surface area contributed by atoms with Gasteiger partial charge < -0.3 is 9.64 Å². The quantitative estimate of drug-likeness (QED) is 0.296. The Kier molecular flexibility index (Phi) is 9.24. The molecule has 0 saturated carbocycles. The lowest BCUT2D eigenvalue weighted by molar-refractivity contribution is -0.131. The van der Waals surface area contributed by atoms with Gasteiger partial charge in [0, 0.05) is 57.3 Å². The van der Waals surface area contributed by atoms with Crippen molar-refractivity contribution in [1.82, 2.24) is 14.7 Å². The predicted molar refractivity (Wildman–Crippen MR) is 141 cm³/mol. The average Bonchev–Trinajstić information content (AvgIpc) is 2.83. The van der Waals surface area contributed by atoms with Crippen LogP contribution in [-0.2, 0) is 4.79 Å². The second kappa shape index (κ2) is 12.1. The van der Waals surface area contributed by atoms with E-state index in [-0.39, 0.29) is 24.0 Å². The van der Waals surface area contributed by atoms with Crippen LogP contribution in [0.3, 0.4) is 0 Å². The molecule has 1 aliphatic heterocycles. The summed E-state index contributed by atoms with van der Waals surface area (Å²) in [5.41, 5.74) is 2.69. The summed E-state index contributed by atoms with van der Waals surface area (Å²) in [5, 5.41) is 0. The highest BCUT2D eigenvalue weighted by Gasteiger charge is 2.36. The zero-order valence-corrected chi connectivity index (χ0v) is 21.7. The fraction of sp³-hybridized carbons (Fsp3) is 0.448. The van der Waals surface area contributed by atoms with Crippen LogP contribution in [0.5, 0.6) is 5.75 Å². The smallest absolute Gasteiger partial charge is 0.308 e. The number of rotatable bonds is 9. The van der Waals surface area contributed by atoms with Crippen LogP contribution in [0.15, 0.2) is 61.2 Å². The van der Waals surface area contributed by atoms with Gasteiger partial charge in [-0.1, -0.05) is 36.4 Å². The molecule has 2 aromatic carbocycles. The Balaban J connectivity index is 2.13. The fourth-order valence-corrected chi connectivity index (χ4v) is 5.08. The molecule has 0 aromatic heterocycles. The Labute approximate surface area is 210 Å². The van der Waals surface area contributed by atoms with Gasteiger partial charge >= 0.3 is 5.97 Å². The van der Waals surface area contributed by atoms with Crippen LogP contribution in [0.2, 0.25) is 0 Å². The van der Waals surface area contributed by atoms with Crippen molar-refractivity contribution in [1.29, 1.82) is 0 Å². The van der Waals surface area contributed by atoms with Crippen LogP contribution < -0.4 is 4.74 Å². The monoisotopic (exact) mass is 477 g/mol. The Morgan fingerprint density at radius 1 is 1.09 bits per heavy atom. The van der Waals surface area contributed by atoms with E-state index in [1.807, 2.05) is 55.2 Å². The molecular weight excluding hydrogens is 438 g/mol. The molecule has 1 amide bonds. The van der Waals surface area contributed by atoms with Crippen molar-refractivity contribution in [3.05, 3.63) is 77.9 Å². The van der Waals surface area contributed by atoms with Gasteiger partial charge in [-0.2, -0.15) is 0 Å². The molecule has 0 spiro atoms. The topological polar surface area (TPSA) is 53.1 Å². The molecule has 0 aliphatic carbocycles. The average molecular weight is 478 g/mol. The van der Waals surface area contributed by atoms with Gasteiger partial charge in [-0.15, -0.1) is 6.58 Å². The minimum atomic E-state index is -0.351. The number of esters is 1. The first-order valence-corrected chi connectivity index (χ1v) is 12.6.